The van der Waals surface area contributed by atoms with Gasteiger partial charge in [0.25, 0.3) is 0 Å². The molecule has 0 aromatic carbocycles. The van der Waals surface area contributed by atoms with Gasteiger partial charge < -0.3 is 21.1 Å². The minimum Gasteiger partial charge on any atom is -0.490 e. The maximum atomic E-state index is 11.0. The third-order valence-electron chi connectivity index (χ3n) is 1.96. The van der Waals surface area contributed by atoms with E-state index in [1.54, 1.807) is 7.05 Å². The minimum atomic E-state index is -0.0477. The van der Waals surface area contributed by atoms with Crippen molar-refractivity contribution in [1.82, 2.24) is 15.3 Å². The van der Waals surface area contributed by atoms with E-state index in [0.29, 0.717) is 24.5 Å². The summed E-state index contributed by atoms with van der Waals surface area (Å²) in [7, 11) is 3.07. The Hall–Kier alpha value is -2.05. The molecule has 0 saturated carbocycles. The van der Waals surface area contributed by atoms with Crippen molar-refractivity contribution in [3.05, 3.63) is 6.33 Å². The summed E-state index contributed by atoms with van der Waals surface area (Å²) in [5, 5.41) is 5.48. The molecule has 88 valence electrons. The Bertz CT molecular complexity index is 369. The highest BCUT2D eigenvalue weighted by Crippen LogP contribution is 2.25. The van der Waals surface area contributed by atoms with Gasteiger partial charge in [-0.1, -0.05) is 0 Å². The third-order valence-corrected chi connectivity index (χ3v) is 1.96. The molecule has 0 unspecified atom stereocenters. The summed E-state index contributed by atoms with van der Waals surface area (Å²) in [6, 6.07) is 0. The van der Waals surface area contributed by atoms with Crippen molar-refractivity contribution in [2.45, 2.75) is 6.42 Å². The summed E-state index contributed by atoms with van der Waals surface area (Å²) < 4.78 is 5.05. The third kappa shape index (κ3) is 2.97. The quantitative estimate of drug-likeness (QED) is 0.631. The van der Waals surface area contributed by atoms with Crippen molar-refractivity contribution in [3.63, 3.8) is 0 Å². The van der Waals surface area contributed by atoms with Crippen LogP contribution < -0.4 is 21.1 Å². The number of aromatic nitrogens is 2. The second kappa shape index (κ2) is 5.74. The molecular formula is C9H15N5O2. The number of carbonyl (C=O) groups is 1. The molecule has 1 heterocycles. The molecule has 1 aromatic rings. The van der Waals surface area contributed by atoms with E-state index in [4.69, 9.17) is 10.5 Å². The van der Waals surface area contributed by atoms with Gasteiger partial charge in [-0.15, -0.1) is 0 Å². The number of anilines is 2. The summed E-state index contributed by atoms with van der Waals surface area (Å²) in [6.45, 7) is 0.451. The van der Waals surface area contributed by atoms with Crippen LogP contribution in [0.3, 0.4) is 0 Å². The predicted octanol–water partition coefficient (Wildman–Crippen LogP) is -0.385. The number of nitrogen functional groups attached to an aromatic ring is 1. The minimum absolute atomic E-state index is 0.0477. The van der Waals surface area contributed by atoms with Gasteiger partial charge in [0.15, 0.2) is 11.6 Å². The van der Waals surface area contributed by atoms with Gasteiger partial charge in [0.2, 0.25) is 11.7 Å². The number of carbonyl (C=O) groups excluding carboxylic acids is 1. The van der Waals surface area contributed by atoms with Crippen molar-refractivity contribution in [3.8, 4) is 5.75 Å². The van der Waals surface area contributed by atoms with Crippen molar-refractivity contribution < 1.29 is 9.53 Å². The van der Waals surface area contributed by atoms with Gasteiger partial charge in [-0.25, -0.2) is 9.97 Å². The zero-order chi connectivity index (χ0) is 12.0. The smallest absolute Gasteiger partial charge is 0.221 e. The van der Waals surface area contributed by atoms with Crippen LogP contribution in [0.5, 0.6) is 5.75 Å². The van der Waals surface area contributed by atoms with Crippen LogP contribution in [0.25, 0.3) is 0 Å². The Morgan fingerprint density at radius 1 is 1.56 bits per heavy atom. The second-order valence-corrected chi connectivity index (χ2v) is 2.99. The van der Waals surface area contributed by atoms with E-state index < -0.39 is 0 Å². The van der Waals surface area contributed by atoms with Crippen molar-refractivity contribution >= 4 is 17.5 Å². The first-order chi connectivity index (χ1) is 7.69. The highest BCUT2D eigenvalue weighted by molar-refractivity contribution is 5.76. The van der Waals surface area contributed by atoms with Crippen LogP contribution in [0.4, 0.5) is 11.6 Å². The molecule has 0 radical (unpaired) electrons. The van der Waals surface area contributed by atoms with Gasteiger partial charge in [-0.3, -0.25) is 4.79 Å². The number of hydrogen-bond acceptors (Lipinski definition) is 6. The number of nitrogens with two attached hydrogens (primary N) is 1. The van der Waals surface area contributed by atoms with E-state index >= 15 is 0 Å². The summed E-state index contributed by atoms with van der Waals surface area (Å²) in [4.78, 5) is 18.8. The molecule has 0 saturated heterocycles. The topological polar surface area (TPSA) is 102 Å². The zero-order valence-corrected chi connectivity index (χ0v) is 9.28. The van der Waals surface area contributed by atoms with E-state index in [1.807, 2.05) is 0 Å². The van der Waals surface area contributed by atoms with Crippen LogP contribution in [0.1, 0.15) is 6.42 Å². The fraction of sp³-hybridized carbons (Fsp3) is 0.444. The fourth-order valence-corrected chi connectivity index (χ4v) is 1.13. The van der Waals surface area contributed by atoms with E-state index in [0.717, 1.165) is 0 Å². The van der Waals surface area contributed by atoms with Crippen LogP contribution >= 0.6 is 0 Å². The van der Waals surface area contributed by atoms with Crippen LogP contribution in [0.15, 0.2) is 6.33 Å². The van der Waals surface area contributed by atoms with Crippen LogP contribution in [-0.4, -0.2) is 36.6 Å². The highest BCUT2D eigenvalue weighted by atomic mass is 16.5. The second-order valence-electron chi connectivity index (χ2n) is 2.99. The molecule has 16 heavy (non-hydrogen) atoms. The lowest BCUT2D eigenvalue weighted by Crippen LogP contribution is -2.21. The largest absolute Gasteiger partial charge is 0.490 e. The Morgan fingerprint density at radius 2 is 2.31 bits per heavy atom. The number of nitrogens with one attached hydrogen (secondary N) is 2. The van der Waals surface area contributed by atoms with Gasteiger partial charge >= 0.3 is 0 Å². The molecule has 0 bridgehead atoms. The Morgan fingerprint density at radius 3 is 2.94 bits per heavy atom. The molecule has 0 fully saturated rings. The molecular weight excluding hydrogens is 210 g/mol. The first kappa shape index (κ1) is 12.0. The average molecular weight is 225 g/mol. The van der Waals surface area contributed by atoms with Crippen molar-refractivity contribution in [2.24, 2.45) is 0 Å². The van der Waals surface area contributed by atoms with E-state index in [9.17, 15) is 4.79 Å². The van der Waals surface area contributed by atoms with Crippen molar-refractivity contribution in [1.29, 1.82) is 0 Å². The highest BCUT2D eigenvalue weighted by Gasteiger charge is 2.08. The number of ether oxygens (including phenoxy) is 1. The number of nitrogens with zero attached hydrogens (tertiary/aromatic N) is 2. The average Bonchev–Trinajstić information content (AvgIpc) is 2.29. The number of methoxy groups -OCH3 is 1. The zero-order valence-electron chi connectivity index (χ0n) is 9.28. The summed E-state index contributed by atoms with van der Waals surface area (Å²) in [6.07, 6.45) is 1.68. The Labute approximate surface area is 93.4 Å². The van der Waals surface area contributed by atoms with Crippen LogP contribution in [0, 0.1) is 0 Å². The summed E-state index contributed by atoms with van der Waals surface area (Å²) in [5.41, 5.74) is 5.59. The Kier molecular flexibility index (Phi) is 4.31. The summed E-state index contributed by atoms with van der Waals surface area (Å²) >= 11 is 0. The molecule has 1 amide bonds. The molecule has 1 aromatic heterocycles. The molecule has 1 rings (SSSR count). The molecule has 0 aliphatic rings. The standard InChI is InChI=1S/C9H15N5O2/c1-11-6(15)3-4-12-9-7(16-2)8(10)13-5-14-9/h5H,3-4H2,1-2H3,(H,11,15)(H3,10,12,13,14). The monoisotopic (exact) mass is 225 g/mol. The van der Waals surface area contributed by atoms with E-state index in [-0.39, 0.29) is 11.7 Å². The predicted molar refractivity (Wildman–Crippen MR) is 60.2 cm³/mol. The first-order valence-corrected chi connectivity index (χ1v) is 4.78. The SMILES string of the molecule is CNC(=O)CCNc1ncnc(N)c1OC. The van der Waals surface area contributed by atoms with E-state index in [2.05, 4.69) is 20.6 Å². The molecule has 7 heteroatoms. The summed E-state index contributed by atoms with van der Waals surface area (Å²) in [5.74, 6) is 1.09. The molecule has 4 N–H and O–H groups in total. The van der Waals surface area contributed by atoms with Gasteiger partial charge in [-0.2, -0.15) is 0 Å². The lowest BCUT2D eigenvalue weighted by molar-refractivity contribution is -0.120. The van der Waals surface area contributed by atoms with Gasteiger partial charge in [0, 0.05) is 20.0 Å². The van der Waals surface area contributed by atoms with E-state index in [1.165, 1.54) is 13.4 Å². The maximum absolute atomic E-state index is 11.0. The van der Waals surface area contributed by atoms with Gasteiger partial charge in [-0.05, 0) is 0 Å². The molecule has 0 aliphatic heterocycles. The maximum Gasteiger partial charge on any atom is 0.221 e. The molecule has 0 aliphatic carbocycles. The lowest BCUT2D eigenvalue weighted by atomic mass is 10.4. The lowest BCUT2D eigenvalue weighted by Gasteiger charge is -2.10. The number of hydrogen-bond donors (Lipinski definition) is 3. The Balaban J connectivity index is 2.60. The normalized spacial score (nSPS) is 9.62. The van der Waals surface area contributed by atoms with Gasteiger partial charge in [0.1, 0.15) is 6.33 Å². The molecule has 7 nitrogen and oxygen atoms in total. The van der Waals surface area contributed by atoms with Crippen LogP contribution in [0.2, 0.25) is 0 Å². The van der Waals surface area contributed by atoms with Gasteiger partial charge in [0.05, 0.1) is 7.11 Å². The number of rotatable bonds is 5. The first-order valence-electron chi connectivity index (χ1n) is 4.78. The molecule has 0 spiro atoms. The number of amides is 1. The fourth-order valence-electron chi connectivity index (χ4n) is 1.13. The van der Waals surface area contributed by atoms with Crippen LogP contribution in [-0.2, 0) is 4.79 Å². The molecule has 0 atom stereocenters. The van der Waals surface area contributed by atoms with Crippen molar-refractivity contribution in [2.75, 3.05) is 31.8 Å².